The number of hydrogen-bond acceptors (Lipinski definition) is 4. The molecule has 0 radical (unpaired) electrons. The van der Waals surface area contributed by atoms with Gasteiger partial charge in [-0.3, -0.25) is 9.78 Å². The van der Waals surface area contributed by atoms with Gasteiger partial charge in [-0.05, 0) is 41.1 Å². The van der Waals surface area contributed by atoms with Crippen LogP contribution in [-0.4, -0.2) is 22.8 Å². The molecule has 3 aromatic carbocycles. The summed E-state index contributed by atoms with van der Waals surface area (Å²) < 4.78 is 57.2. The van der Waals surface area contributed by atoms with Crippen LogP contribution in [0.3, 0.4) is 0 Å². The summed E-state index contributed by atoms with van der Waals surface area (Å²) in [5, 5.41) is 6.48. The third kappa shape index (κ3) is 4.56. The number of nitrogens with one attached hydrogen (secondary N) is 1. The predicted octanol–water partition coefficient (Wildman–Crippen LogP) is 7.19. The molecule has 2 heterocycles. The summed E-state index contributed by atoms with van der Waals surface area (Å²) in [5.74, 6) is -1.40. The van der Waals surface area contributed by atoms with Gasteiger partial charge in [0.1, 0.15) is 0 Å². The van der Waals surface area contributed by atoms with Crippen LogP contribution in [-0.2, 0) is 17.0 Å². The molecule has 4 aromatic rings. The van der Waals surface area contributed by atoms with E-state index in [0.717, 1.165) is 12.1 Å². The third-order valence-electron chi connectivity index (χ3n) is 6.27. The highest BCUT2D eigenvalue weighted by Gasteiger charge is 2.62. The minimum atomic E-state index is -4.94. The normalized spacial score (nSPS) is 17.3. The molecule has 1 unspecified atom stereocenters. The number of alkyl halides is 3. The zero-order chi connectivity index (χ0) is 27.1. The molecule has 1 atom stereocenters. The second-order valence-electron chi connectivity index (χ2n) is 8.59. The van der Waals surface area contributed by atoms with Crippen LogP contribution in [0.5, 0.6) is 0 Å². The van der Waals surface area contributed by atoms with E-state index in [4.69, 9.17) is 28.0 Å². The first-order valence-corrected chi connectivity index (χ1v) is 12.0. The smallest absolute Gasteiger partial charge is 0.374 e. The molecule has 1 amide bonds. The van der Waals surface area contributed by atoms with Crippen molar-refractivity contribution >= 4 is 45.6 Å². The number of fused-ring (bicyclic) bond motifs is 1. The van der Waals surface area contributed by atoms with Crippen molar-refractivity contribution in [2.45, 2.75) is 24.7 Å². The topological polar surface area (TPSA) is 63.6 Å². The van der Waals surface area contributed by atoms with E-state index < -0.39 is 39.6 Å². The van der Waals surface area contributed by atoms with Gasteiger partial charge in [0.05, 0.1) is 28.0 Å². The maximum Gasteiger partial charge on any atom is 0.435 e. The van der Waals surface area contributed by atoms with Crippen LogP contribution in [0.4, 0.5) is 17.6 Å². The van der Waals surface area contributed by atoms with Crippen LogP contribution in [0.2, 0.25) is 10.0 Å². The quantitative estimate of drug-likeness (QED) is 0.207. The fourth-order valence-corrected chi connectivity index (χ4v) is 4.84. The Bertz CT molecular complexity index is 1560. The minimum absolute atomic E-state index is 0.00413. The SMILES string of the molecule is O=C(NCc1ccccn1)c1ccc(C2=NOC(c3cc(Cl)c(F)c(Cl)c3)(C(F)(F)F)C2)c2ccccc12. The molecular formula is C27H17Cl2F4N3O2. The number of benzene rings is 3. The second kappa shape index (κ2) is 9.89. The molecule has 0 fully saturated rings. The second-order valence-corrected chi connectivity index (χ2v) is 9.41. The Labute approximate surface area is 224 Å². The summed E-state index contributed by atoms with van der Waals surface area (Å²) in [6.45, 7) is 0.202. The van der Waals surface area contributed by atoms with Crippen LogP contribution in [0.25, 0.3) is 10.8 Å². The highest BCUT2D eigenvalue weighted by molar-refractivity contribution is 6.35. The molecular weight excluding hydrogens is 545 g/mol. The molecule has 1 aliphatic heterocycles. The van der Waals surface area contributed by atoms with Crippen LogP contribution < -0.4 is 5.32 Å². The number of aromatic nitrogens is 1. The van der Waals surface area contributed by atoms with Gasteiger partial charge in [-0.1, -0.05) is 64.8 Å². The maximum absolute atomic E-state index is 14.4. The molecule has 0 bridgehead atoms. The summed E-state index contributed by atoms with van der Waals surface area (Å²) in [4.78, 5) is 22.2. The Morgan fingerprint density at radius 1 is 1.00 bits per heavy atom. The Morgan fingerprint density at radius 2 is 1.68 bits per heavy atom. The minimum Gasteiger partial charge on any atom is -0.374 e. The molecule has 1 aliphatic rings. The Hall–Kier alpha value is -3.69. The molecule has 11 heteroatoms. The largest absolute Gasteiger partial charge is 0.435 e. The van der Waals surface area contributed by atoms with Crippen molar-refractivity contribution in [2.75, 3.05) is 0 Å². The Kier molecular flexibility index (Phi) is 6.75. The predicted molar refractivity (Wildman–Crippen MR) is 136 cm³/mol. The highest BCUT2D eigenvalue weighted by Crippen LogP contribution is 2.50. The van der Waals surface area contributed by atoms with E-state index >= 15 is 0 Å². The van der Waals surface area contributed by atoms with E-state index in [1.54, 1.807) is 48.7 Å². The zero-order valence-electron chi connectivity index (χ0n) is 19.3. The zero-order valence-corrected chi connectivity index (χ0v) is 20.8. The molecule has 0 saturated heterocycles. The molecule has 0 aliphatic carbocycles. The fraction of sp³-hybridized carbons (Fsp3) is 0.148. The van der Waals surface area contributed by atoms with Gasteiger partial charge in [0.25, 0.3) is 11.5 Å². The lowest BCUT2D eigenvalue weighted by Crippen LogP contribution is -2.42. The van der Waals surface area contributed by atoms with Gasteiger partial charge in [0.2, 0.25) is 0 Å². The van der Waals surface area contributed by atoms with E-state index in [9.17, 15) is 22.4 Å². The number of amides is 1. The van der Waals surface area contributed by atoms with Crippen molar-refractivity contribution in [1.82, 2.24) is 10.3 Å². The first-order chi connectivity index (χ1) is 18.1. The lowest BCUT2D eigenvalue weighted by Gasteiger charge is -2.29. The van der Waals surface area contributed by atoms with Crippen molar-refractivity contribution in [3.63, 3.8) is 0 Å². The van der Waals surface area contributed by atoms with Crippen LogP contribution in [0.15, 0.2) is 78.1 Å². The molecule has 194 valence electrons. The van der Waals surface area contributed by atoms with Gasteiger partial charge in [0.15, 0.2) is 5.82 Å². The monoisotopic (exact) mass is 561 g/mol. The van der Waals surface area contributed by atoms with Gasteiger partial charge in [0, 0.05) is 29.3 Å². The highest BCUT2D eigenvalue weighted by atomic mass is 35.5. The average Bonchev–Trinajstić information content (AvgIpc) is 3.37. The summed E-state index contributed by atoms with van der Waals surface area (Å²) in [6.07, 6.45) is -4.04. The fourth-order valence-electron chi connectivity index (χ4n) is 4.35. The Balaban J connectivity index is 1.50. The number of oxime groups is 1. The number of rotatable bonds is 5. The molecule has 5 rings (SSSR count). The van der Waals surface area contributed by atoms with Crippen molar-refractivity contribution in [3.05, 3.63) is 111 Å². The van der Waals surface area contributed by atoms with E-state index in [2.05, 4.69) is 15.5 Å². The van der Waals surface area contributed by atoms with Crippen LogP contribution >= 0.6 is 23.2 Å². The van der Waals surface area contributed by atoms with Gasteiger partial charge in [-0.2, -0.15) is 13.2 Å². The molecule has 1 N–H and O–H groups in total. The van der Waals surface area contributed by atoms with Crippen molar-refractivity contribution in [2.24, 2.45) is 5.16 Å². The van der Waals surface area contributed by atoms with E-state index in [-0.39, 0.29) is 18.2 Å². The van der Waals surface area contributed by atoms with E-state index in [1.165, 1.54) is 12.1 Å². The Morgan fingerprint density at radius 3 is 2.34 bits per heavy atom. The summed E-state index contributed by atoms with van der Waals surface area (Å²) in [5.41, 5.74) is -2.05. The third-order valence-corrected chi connectivity index (χ3v) is 6.82. The van der Waals surface area contributed by atoms with Crippen molar-refractivity contribution in [1.29, 1.82) is 0 Å². The number of hydrogen-bond donors (Lipinski definition) is 1. The lowest BCUT2D eigenvalue weighted by molar-refractivity contribution is -0.275. The summed E-state index contributed by atoms with van der Waals surface area (Å²) in [7, 11) is 0. The molecule has 0 saturated carbocycles. The van der Waals surface area contributed by atoms with Crippen LogP contribution in [0.1, 0.15) is 33.6 Å². The first-order valence-electron chi connectivity index (χ1n) is 11.3. The van der Waals surface area contributed by atoms with E-state index in [0.29, 0.717) is 27.6 Å². The molecule has 38 heavy (non-hydrogen) atoms. The average molecular weight is 562 g/mol. The first kappa shape index (κ1) is 25.9. The van der Waals surface area contributed by atoms with Gasteiger partial charge < -0.3 is 10.2 Å². The van der Waals surface area contributed by atoms with Crippen molar-refractivity contribution < 1.29 is 27.2 Å². The molecule has 1 aromatic heterocycles. The van der Waals surface area contributed by atoms with Crippen LogP contribution in [0, 0.1) is 5.82 Å². The van der Waals surface area contributed by atoms with E-state index in [1.807, 2.05) is 0 Å². The van der Waals surface area contributed by atoms with Gasteiger partial charge >= 0.3 is 6.18 Å². The number of carbonyl (C=O) groups is 1. The number of carbonyl (C=O) groups excluding carboxylic acids is 1. The summed E-state index contributed by atoms with van der Waals surface area (Å²) >= 11 is 11.6. The number of nitrogens with zero attached hydrogens (tertiary/aromatic N) is 2. The van der Waals surface area contributed by atoms with Gasteiger partial charge in [-0.15, -0.1) is 0 Å². The number of halogens is 6. The van der Waals surface area contributed by atoms with Gasteiger partial charge in [-0.25, -0.2) is 4.39 Å². The number of pyridine rings is 1. The maximum atomic E-state index is 14.4. The molecule has 5 nitrogen and oxygen atoms in total. The lowest BCUT2D eigenvalue weighted by atomic mass is 9.85. The van der Waals surface area contributed by atoms with Crippen molar-refractivity contribution in [3.8, 4) is 0 Å². The standard InChI is InChI=1S/C27H17Cl2F4N3O2/c28-21-11-15(12-22(29)24(21)30)26(27(31,32)33)13-23(36-38-26)19-8-9-20(18-7-2-1-6-17(18)19)25(37)35-14-16-5-3-4-10-34-16/h1-12H,13-14H2,(H,35,37). The molecule has 0 spiro atoms. The summed E-state index contributed by atoms with van der Waals surface area (Å²) in [6, 6.07) is 16.9.